The number of carbonyl (C=O) groups excluding carboxylic acids is 1. The van der Waals surface area contributed by atoms with E-state index in [4.69, 9.17) is 20.2 Å². The largest absolute Gasteiger partial charge is 0.376 e. The Morgan fingerprint density at radius 3 is 2.61 bits per heavy atom. The van der Waals surface area contributed by atoms with Gasteiger partial charge in [-0.1, -0.05) is 36.9 Å². The van der Waals surface area contributed by atoms with Gasteiger partial charge in [0.15, 0.2) is 11.6 Å². The van der Waals surface area contributed by atoms with Crippen LogP contribution in [0, 0.1) is 0 Å². The van der Waals surface area contributed by atoms with E-state index in [9.17, 15) is 18.0 Å². The molecule has 1 fully saturated rings. The second-order valence-corrected chi connectivity index (χ2v) is 10.6. The quantitative estimate of drug-likeness (QED) is 0.310. The second kappa shape index (κ2) is 14.6. The summed E-state index contributed by atoms with van der Waals surface area (Å²) in [5.41, 5.74) is 5.86. The molecule has 1 amide bonds. The van der Waals surface area contributed by atoms with E-state index in [1.807, 2.05) is 44.2 Å². The zero-order chi connectivity index (χ0) is 30.2. The predicted octanol–water partition coefficient (Wildman–Crippen LogP) is 5.23. The van der Waals surface area contributed by atoms with Crippen LogP contribution in [0.1, 0.15) is 63.3 Å². The van der Waals surface area contributed by atoms with Crippen molar-refractivity contribution in [3.63, 3.8) is 0 Å². The molecule has 3 unspecified atom stereocenters. The number of allylic oxidation sites excluding steroid dienone is 5. The molecule has 2 aromatic rings. The highest BCUT2D eigenvalue weighted by molar-refractivity contribution is 5.81. The lowest BCUT2D eigenvalue weighted by Crippen LogP contribution is -2.51. The maximum absolute atomic E-state index is 15.0. The van der Waals surface area contributed by atoms with Crippen LogP contribution in [0.25, 0.3) is 5.57 Å². The van der Waals surface area contributed by atoms with Crippen molar-refractivity contribution in [3.05, 3.63) is 77.9 Å². The monoisotopic (exact) mass is 575 g/mol. The third kappa shape index (κ3) is 8.37. The zero-order valence-corrected chi connectivity index (χ0v) is 24.2. The van der Waals surface area contributed by atoms with Gasteiger partial charge in [-0.05, 0) is 57.7 Å². The molecule has 1 aromatic carbocycles. The summed E-state index contributed by atoms with van der Waals surface area (Å²) in [6, 6.07) is 7.88. The highest BCUT2D eigenvalue weighted by Gasteiger charge is 2.44. The molecule has 0 spiro atoms. The summed E-state index contributed by atoms with van der Waals surface area (Å²) in [6.07, 6.45) is 2.67. The van der Waals surface area contributed by atoms with Crippen LogP contribution in [0.5, 0.6) is 0 Å². The minimum absolute atomic E-state index is 0.0597. The van der Waals surface area contributed by atoms with E-state index in [0.29, 0.717) is 18.9 Å². The highest BCUT2D eigenvalue weighted by atomic mass is 19.1. The molecule has 0 saturated carbocycles. The summed E-state index contributed by atoms with van der Waals surface area (Å²) >= 11 is 0. The molecule has 2 heterocycles. The number of hydrogen-bond donors (Lipinski definition) is 1. The van der Waals surface area contributed by atoms with E-state index in [1.54, 1.807) is 9.58 Å². The van der Waals surface area contributed by atoms with Crippen molar-refractivity contribution >= 4 is 11.5 Å². The Morgan fingerprint density at radius 2 is 2.02 bits per heavy atom. The summed E-state index contributed by atoms with van der Waals surface area (Å²) in [5, 5.41) is 4.62. The fourth-order valence-electron chi connectivity index (χ4n) is 4.63. The molecule has 1 saturated heterocycles. The van der Waals surface area contributed by atoms with Crippen molar-refractivity contribution < 1.29 is 27.4 Å². The van der Waals surface area contributed by atoms with Crippen molar-refractivity contribution in [1.82, 2.24) is 19.7 Å². The van der Waals surface area contributed by atoms with Gasteiger partial charge in [-0.25, -0.2) is 22.8 Å². The van der Waals surface area contributed by atoms with Gasteiger partial charge in [0.05, 0.1) is 12.1 Å². The number of rotatable bonds is 14. The summed E-state index contributed by atoms with van der Waals surface area (Å²) in [7, 11) is 1.52. The van der Waals surface area contributed by atoms with Crippen molar-refractivity contribution in [2.45, 2.75) is 70.4 Å². The minimum Gasteiger partial charge on any atom is -0.376 e. The number of nitrogens with zero attached hydrogens (tertiary/aromatic N) is 4. The molecule has 0 radical (unpaired) electrons. The number of halogens is 3. The molecule has 224 valence electrons. The molecule has 2 N–H and O–H groups in total. The lowest BCUT2D eigenvalue weighted by atomic mass is 9.94. The van der Waals surface area contributed by atoms with Crippen molar-refractivity contribution in [2.75, 3.05) is 26.9 Å². The third-order valence-electron chi connectivity index (χ3n) is 7.15. The Bertz CT molecular complexity index is 1240. The zero-order valence-electron chi connectivity index (χ0n) is 24.2. The van der Waals surface area contributed by atoms with Crippen LogP contribution >= 0.6 is 0 Å². The molecule has 41 heavy (non-hydrogen) atoms. The summed E-state index contributed by atoms with van der Waals surface area (Å²) < 4.78 is 54.8. The van der Waals surface area contributed by atoms with Gasteiger partial charge in [-0.15, -0.1) is 0 Å². The van der Waals surface area contributed by atoms with E-state index in [-0.39, 0.29) is 36.8 Å². The number of benzene rings is 1. The van der Waals surface area contributed by atoms with Gasteiger partial charge >= 0.3 is 0 Å². The standard InChI is InChI=1S/C30H40F3N5O3/c1-20(32)13-14-24(33)21(2)27-35-28(38(36-27)19-22-10-7-6-8-11-22)26(30(3,4)40-5)37(16-15-23(34)18-31)29(39)25-12-9-17-41-25/h6-8,10-11,13-14,23,25-26H,1,9,12,15-19,34H2,2-5H3. The lowest BCUT2D eigenvalue weighted by Gasteiger charge is -2.41. The lowest BCUT2D eigenvalue weighted by molar-refractivity contribution is -0.152. The van der Waals surface area contributed by atoms with Gasteiger partial charge < -0.3 is 20.1 Å². The Labute approximate surface area is 239 Å². The third-order valence-corrected chi connectivity index (χ3v) is 7.15. The van der Waals surface area contributed by atoms with Crippen molar-refractivity contribution in [1.29, 1.82) is 0 Å². The first-order valence-electron chi connectivity index (χ1n) is 13.6. The molecule has 11 heteroatoms. The van der Waals surface area contributed by atoms with Crippen LogP contribution in [-0.2, 0) is 20.8 Å². The summed E-state index contributed by atoms with van der Waals surface area (Å²) in [4.78, 5) is 20.2. The van der Waals surface area contributed by atoms with E-state index in [1.165, 1.54) is 14.0 Å². The van der Waals surface area contributed by atoms with Gasteiger partial charge in [0.1, 0.15) is 30.5 Å². The number of amides is 1. The van der Waals surface area contributed by atoms with Crippen LogP contribution in [-0.4, -0.2) is 70.3 Å². The number of ether oxygens (including phenoxy) is 2. The molecule has 1 aliphatic heterocycles. The fraction of sp³-hybridized carbons (Fsp3) is 0.500. The minimum atomic E-state index is -1.02. The average Bonchev–Trinajstić information content (AvgIpc) is 3.64. The maximum Gasteiger partial charge on any atom is 0.252 e. The first-order chi connectivity index (χ1) is 19.5. The summed E-state index contributed by atoms with van der Waals surface area (Å²) in [5.74, 6) is -1.43. The van der Waals surface area contributed by atoms with Crippen molar-refractivity contribution in [3.8, 4) is 0 Å². The van der Waals surface area contributed by atoms with Crippen LogP contribution in [0.2, 0.25) is 0 Å². The van der Waals surface area contributed by atoms with Gasteiger partial charge in [0.25, 0.3) is 5.91 Å². The molecule has 1 aliphatic rings. The van der Waals surface area contributed by atoms with Gasteiger partial charge in [-0.3, -0.25) is 4.79 Å². The van der Waals surface area contributed by atoms with E-state index < -0.39 is 42.1 Å². The molecule has 3 rings (SSSR count). The highest BCUT2D eigenvalue weighted by Crippen LogP contribution is 2.36. The SMILES string of the molecule is C=C(F)C=CC(F)=C(C)c1nc(C(N(CCC(N)CF)C(=O)C2CCCO2)C(C)(C)OC)n(Cc2ccccc2)n1. The van der Waals surface area contributed by atoms with Gasteiger partial charge in [0, 0.05) is 31.9 Å². The van der Waals surface area contributed by atoms with E-state index >= 15 is 0 Å². The van der Waals surface area contributed by atoms with Crippen LogP contribution in [0.15, 0.2) is 60.7 Å². The summed E-state index contributed by atoms with van der Waals surface area (Å²) in [6.45, 7) is 8.31. The number of methoxy groups -OCH3 is 1. The molecule has 8 nitrogen and oxygen atoms in total. The van der Waals surface area contributed by atoms with Crippen LogP contribution in [0.3, 0.4) is 0 Å². The van der Waals surface area contributed by atoms with Crippen LogP contribution in [0.4, 0.5) is 13.2 Å². The molecular formula is C30H40F3N5O3. The molecule has 1 aromatic heterocycles. The Hall–Kier alpha value is -3.28. The number of carbonyl (C=O) groups is 1. The Balaban J connectivity index is 2.21. The second-order valence-electron chi connectivity index (χ2n) is 10.6. The topological polar surface area (TPSA) is 95.5 Å². The normalized spacial score (nSPS) is 17.9. The Kier molecular flexibility index (Phi) is 11.5. The molecule has 3 atom stereocenters. The number of alkyl halides is 1. The van der Waals surface area contributed by atoms with Gasteiger partial charge in [0.2, 0.25) is 0 Å². The fourth-order valence-corrected chi connectivity index (χ4v) is 4.63. The smallest absolute Gasteiger partial charge is 0.252 e. The van der Waals surface area contributed by atoms with E-state index in [2.05, 4.69) is 11.7 Å². The molecule has 0 bridgehead atoms. The number of nitrogens with two attached hydrogens (primary N) is 1. The maximum atomic E-state index is 15.0. The molecule has 0 aliphatic carbocycles. The van der Waals surface area contributed by atoms with Crippen LogP contribution < -0.4 is 5.73 Å². The Morgan fingerprint density at radius 1 is 1.32 bits per heavy atom. The number of hydrogen-bond acceptors (Lipinski definition) is 6. The van der Waals surface area contributed by atoms with Gasteiger partial charge in [-0.2, -0.15) is 5.10 Å². The van der Waals surface area contributed by atoms with Crippen molar-refractivity contribution in [2.24, 2.45) is 5.73 Å². The first-order valence-corrected chi connectivity index (χ1v) is 13.6. The molecular weight excluding hydrogens is 535 g/mol. The number of aromatic nitrogens is 3. The average molecular weight is 576 g/mol. The first kappa shape index (κ1) is 32.2. The van der Waals surface area contributed by atoms with E-state index in [0.717, 1.165) is 24.1 Å². The predicted molar refractivity (Wildman–Crippen MR) is 152 cm³/mol.